The topological polar surface area (TPSA) is 29.1 Å². The van der Waals surface area contributed by atoms with Crippen molar-refractivity contribution in [3.63, 3.8) is 0 Å². The second kappa shape index (κ2) is 10.7. The highest BCUT2D eigenvalue weighted by atomic mass is 79.9. The molecule has 0 bridgehead atoms. The molecule has 1 amide bonds. The number of amides is 1. The van der Waals surface area contributed by atoms with Gasteiger partial charge in [-0.05, 0) is 24.6 Å². The van der Waals surface area contributed by atoms with Crippen LogP contribution in [0.2, 0.25) is 0 Å². The van der Waals surface area contributed by atoms with E-state index in [1.165, 1.54) is 6.92 Å². The van der Waals surface area contributed by atoms with E-state index in [0.717, 1.165) is 4.47 Å². The Morgan fingerprint density at radius 1 is 1.10 bits per heavy atom. The van der Waals surface area contributed by atoms with Gasteiger partial charge in [0.2, 0.25) is 0 Å². The Balaban J connectivity index is 0. The molecule has 0 aliphatic heterocycles. The zero-order chi connectivity index (χ0) is 16.3. The van der Waals surface area contributed by atoms with Gasteiger partial charge in [-0.15, -0.1) is 0 Å². The minimum atomic E-state index is -4.84. The quantitative estimate of drug-likeness (QED) is 0.771. The maximum atomic E-state index is 12.0. The normalized spacial score (nSPS) is 11.2. The molecule has 0 aliphatic rings. The molecular formula is C14H21BrF3NO. The van der Waals surface area contributed by atoms with Crippen LogP contribution in [0.1, 0.15) is 46.2 Å². The molecule has 0 aromatic heterocycles. The third-order valence-corrected chi connectivity index (χ3v) is 2.50. The monoisotopic (exact) mass is 355 g/mol. The van der Waals surface area contributed by atoms with E-state index in [-0.39, 0.29) is 0 Å². The zero-order valence-corrected chi connectivity index (χ0v) is 13.9. The molecule has 0 spiro atoms. The summed E-state index contributed by atoms with van der Waals surface area (Å²) in [5.41, 5.74) is 0.612. The molecule has 2 nitrogen and oxygen atoms in total. The van der Waals surface area contributed by atoms with E-state index in [0.29, 0.717) is 5.56 Å². The molecular weight excluding hydrogens is 335 g/mol. The van der Waals surface area contributed by atoms with Crippen LogP contribution in [0.4, 0.5) is 13.2 Å². The average molecular weight is 356 g/mol. The smallest absolute Gasteiger partial charge is 0.342 e. The first-order chi connectivity index (χ1) is 9.30. The molecule has 6 heteroatoms. The van der Waals surface area contributed by atoms with Gasteiger partial charge in [-0.3, -0.25) is 4.79 Å². The molecule has 0 heterocycles. The van der Waals surface area contributed by atoms with Crippen LogP contribution < -0.4 is 5.32 Å². The van der Waals surface area contributed by atoms with Crippen molar-refractivity contribution in [2.75, 3.05) is 0 Å². The van der Waals surface area contributed by atoms with Gasteiger partial charge in [0.1, 0.15) is 0 Å². The van der Waals surface area contributed by atoms with Crippen LogP contribution in [-0.4, -0.2) is 12.1 Å². The highest BCUT2D eigenvalue weighted by Gasteiger charge is 2.39. The van der Waals surface area contributed by atoms with E-state index in [1.54, 1.807) is 24.3 Å². The zero-order valence-electron chi connectivity index (χ0n) is 12.3. The van der Waals surface area contributed by atoms with E-state index in [4.69, 9.17) is 0 Å². The van der Waals surface area contributed by atoms with Crippen molar-refractivity contribution >= 4 is 21.8 Å². The summed E-state index contributed by atoms with van der Waals surface area (Å²) in [6, 6.07) is 6.01. The third-order valence-electron chi connectivity index (χ3n) is 1.98. The Bertz CT molecular complexity index is 377. The van der Waals surface area contributed by atoms with E-state index in [1.807, 2.05) is 33.0 Å². The molecule has 0 saturated carbocycles. The Hall–Kier alpha value is -1.04. The minimum absolute atomic E-state index is 0.612. The van der Waals surface area contributed by atoms with Crippen LogP contribution in [0, 0.1) is 0 Å². The summed E-state index contributed by atoms with van der Waals surface area (Å²) in [4.78, 5) is 10.7. The average Bonchev–Trinajstić information content (AvgIpc) is 2.43. The minimum Gasteiger partial charge on any atom is -0.342 e. The lowest BCUT2D eigenvalue weighted by Crippen LogP contribution is -2.38. The largest absolute Gasteiger partial charge is 0.471 e. The van der Waals surface area contributed by atoms with Gasteiger partial charge in [-0.1, -0.05) is 55.8 Å². The van der Waals surface area contributed by atoms with E-state index < -0.39 is 18.1 Å². The fourth-order valence-corrected chi connectivity index (χ4v) is 1.38. The summed E-state index contributed by atoms with van der Waals surface area (Å²) >= 11 is 3.21. The lowest BCUT2D eigenvalue weighted by atomic mass is 10.1. The first kappa shape index (κ1) is 21.3. The van der Waals surface area contributed by atoms with Crippen molar-refractivity contribution in [3.05, 3.63) is 34.3 Å². The molecule has 0 radical (unpaired) electrons. The molecule has 0 fully saturated rings. The van der Waals surface area contributed by atoms with Gasteiger partial charge < -0.3 is 5.32 Å². The van der Waals surface area contributed by atoms with Crippen LogP contribution in [-0.2, 0) is 4.79 Å². The SMILES string of the molecule is CC.CC.CC(NC(=O)C(F)(F)F)c1ccc(Br)cc1. The lowest BCUT2D eigenvalue weighted by Gasteiger charge is -2.15. The summed E-state index contributed by atoms with van der Waals surface area (Å²) in [5, 5.41) is 1.88. The first-order valence-electron chi connectivity index (χ1n) is 6.44. The number of alkyl halides is 3. The van der Waals surface area contributed by atoms with E-state index in [2.05, 4.69) is 15.9 Å². The van der Waals surface area contributed by atoms with E-state index >= 15 is 0 Å². The van der Waals surface area contributed by atoms with Gasteiger partial charge in [0, 0.05) is 4.47 Å². The maximum Gasteiger partial charge on any atom is 0.471 e. The fourth-order valence-electron chi connectivity index (χ4n) is 1.11. The van der Waals surface area contributed by atoms with Gasteiger partial charge in [-0.2, -0.15) is 13.2 Å². The Kier molecular flexibility index (Phi) is 11.4. The Labute approximate surface area is 126 Å². The molecule has 1 atom stereocenters. The number of halogens is 4. The fraction of sp³-hybridized carbons (Fsp3) is 0.500. The van der Waals surface area contributed by atoms with Crippen LogP contribution >= 0.6 is 15.9 Å². The number of hydrogen-bond acceptors (Lipinski definition) is 1. The molecule has 1 aromatic rings. The number of carbonyl (C=O) groups is 1. The molecule has 1 unspecified atom stereocenters. The van der Waals surface area contributed by atoms with Gasteiger partial charge in [-0.25, -0.2) is 0 Å². The standard InChI is InChI=1S/C10H9BrF3NO.2C2H6/c1-6(15-9(16)10(12,13)14)7-2-4-8(11)5-3-7;2*1-2/h2-6H,1H3,(H,15,16);2*1-2H3. The van der Waals surface area contributed by atoms with E-state index in [9.17, 15) is 18.0 Å². The highest BCUT2D eigenvalue weighted by molar-refractivity contribution is 9.10. The molecule has 1 aromatic carbocycles. The molecule has 1 rings (SSSR count). The third kappa shape index (κ3) is 8.19. The van der Waals surface area contributed by atoms with Crippen molar-refractivity contribution in [2.24, 2.45) is 0 Å². The predicted octanol–water partition coefficient (Wildman–Crippen LogP) is 5.24. The molecule has 20 heavy (non-hydrogen) atoms. The predicted molar refractivity (Wildman–Crippen MR) is 79.5 cm³/mol. The highest BCUT2D eigenvalue weighted by Crippen LogP contribution is 2.19. The van der Waals surface area contributed by atoms with Crippen LogP contribution in [0.5, 0.6) is 0 Å². The van der Waals surface area contributed by atoms with Gasteiger partial charge >= 0.3 is 12.1 Å². The summed E-state index contributed by atoms with van der Waals surface area (Å²) in [6.07, 6.45) is -4.84. The summed E-state index contributed by atoms with van der Waals surface area (Å²) in [6.45, 7) is 9.49. The number of rotatable bonds is 2. The Morgan fingerprint density at radius 3 is 1.85 bits per heavy atom. The van der Waals surface area contributed by atoms with Crippen LogP contribution in [0.3, 0.4) is 0 Å². The molecule has 0 saturated heterocycles. The second-order valence-electron chi connectivity index (χ2n) is 3.24. The summed E-state index contributed by atoms with van der Waals surface area (Å²) < 4.78 is 36.7. The maximum absolute atomic E-state index is 12.0. The van der Waals surface area contributed by atoms with Crippen molar-refractivity contribution < 1.29 is 18.0 Å². The molecule has 0 aliphatic carbocycles. The molecule has 1 N–H and O–H groups in total. The summed E-state index contributed by atoms with van der Waals surface area (Å²) in [5.74, 6) is -1.93. The first-order valence-corrected chi connectivity index (χ1v) is 7.23. The number of hydrogen-bond donors (Lipinski definition) is 1. The lowest BCUT2D eigenvalue weighted by molar-refractivity contribution is -0.174. The van der Waals surface area contributed by atoms with Gasteiger partial charge in [0.15, 0.2) is 0 Å². The van der Waals surface area contributed by atoms with Crippen molar-refractivity contribution in [2.45, 2.75) is 46.8 Å². The number of carbonyl (C=O) groups excluding carboxylic acids is 1. The summed E-state index contributed by atoms with van der Waals surface area (Å²) in [7, 11) is 0. The van der Waals surface area contributed by atoms with Gasteiger partial charge in [0.25, 0.3) is 0 Å². The van der Waals surface area contributed by atoms with Gasteiger partial charge in [0.05, 0.1) is 6.04 Å². The van der Waals surface area contributed by atoms with Crippen molar-refractivity contribution in [1.82, 2.24) is 5.32 Å². The number of nitrogens with one attached hydrogen (secondary N) is 1. The van der Waals surface area contributed by atoms with Crippen molar-refractivity contribution in [1.29, 1.82) is 0 Å². The second-order valence-corrected chi connectivity index (χ2v) is 4.16. The van der Waals surface area contributed by atoms with Crippen LogP contribution in [0.25, 0.3) is 0 Å². The van der Waals surface area contributed by atoms with Crippen LogP contribution in [0.15, 0.2) is 28.7 Å². The molecule has 116 valence electrons. The van der Waals surface area contributed by atoms with Crippen molar-refractivity contribution in [3.8, 4) is 0 Å². The number of benzene rings is 1. The Morgan fingerprint density at radius 2 is 1.50 bits per heavy atom.